The number of rotatable bonds is 3. The summed E-state index contributed by atoms with van der Waals surface area (Å²) in [6.45, 7) is 2.99. The fourth-order valence-corrected chi connectivity index (χ4v) is 2.86. The molecule has 2 heteroatoms. The fourth-order valence-electron chi connectivity index (χ4n) is 1.51. The van der Waals surface area contributed by atoms with Crippen LogP contribution in [0.4, 0.5) is 0 Å². The molecule has 0 saturated heterocycles. The average molecular weight is 211 g/mol. The van der Waals surface area contributed by atoms with Crippen LogP contribution in [0.3, 0.4) is 0 Å². The molecule has 0 saturated carbocycles. The van der Waals surface area contributed by atoms with E-state index in [0.717, 1.165) is 6.54 Å². The lowest BCUT2D eigenvalue weighted by Crippen LogP contribution is -2.36. The molecule has 80 valence electrons. The second kappa shape index (κ2) is 3.95. The molecule has 14 heavy (non-hydrogen) atoms. The van der Waals surface area contributed by atoms with Crippen LogP contribution < -0.4 is 5.73 Å². The van der Waals surface area contributed by atoms with Gasteiger partial charge in [0.05, 0.1) is 0 Å². The van der Waals surface area contributed by atoms with Crippen LogP contribution in [0.15, 0.2) is 30.3 Å². The molecule has 1 rings (SSSR count). The summed E-state index contributed by atoms with van der Waals surface area (Å²) < 4.78 is 0.133. The van der Waals surface area contributed by atoms with Gasteiger partial charge in [0, 0.05) is 11.3 Å². The third kappa shape index (κ3) is 1.96. The second-order valence-corrected chi connectivity index (χ2v) is 9.21. The number of hydrogen-bond acceptors (Lipinski definition) is 1. The molecule has 0 aromatic heterocycles. The van der Waals surface area contributed by atoms with Gasteiger partial charge in [-0.05, 0) is 31.3 Å². The van der Waals surface area contributed by atoms with E-state index in [1.165, 1.54) is 5.56 Å². The highest BCUT2D eigenvalue weighted by Crippen LogP contribution is 2.55. The van der Waals surface area contributed by atoms with Crippen molar-refractivity contribution in [2.75, 3.05) is 25.3 Å². The number of benzene rings is 1. The molecule has 0 heterocycles. The van der Waals surface area contributed by atoms with Crippen molar-refractivity contribution in [3.8, 4) is 0 Å². The largest absolute Gasteiger partial charge is 0.329 e. The summed E-state index contributed by atoms with van der Waals surface area (Å²) in [5, 5.41) is 0. The summed E-state index contributed by atoms with van der Waals surface area (Å²) in [7, 11) is -0.693. The van der Waals surface area contributed by atoms with E-state index in [9.17, 15) is 0 Å². The van der Waals surface area contributed by atoms with Crippen molar-refractivity contribution < 1.29 is 0 Å². The van der Waals surface area contributed by atoms with E-state index in [1.807, 2.05) is 0 Å². The van der Waals surface area contributed by atoms with Crippen LogP contribution in [0.2, 0.25) is 0 Å². The Morgan fingerprint density at radius 1 is 1.14 bits per heavy atom. The van der Waals surface area contributed by atoms with Crippen LogP contribution in [0, 0.1) is 0 Å². The van der Waals surface area contributed by atoms with Gasteiger partial charge in [-0.25, -0.2) is 10.0 Å². The van der Waals surface area contributed by atoms with Gasteiger partial charge >= 0.3 is 0 Å². The normalized spacial score (nSPS) is 17.5. The summed E-state index contributed by atoms with van der Waals surface area (Å²) in [5.41, 5.74) is 7.31. The molecule has 0 radical (unpaired) electrons. The molecule has 0 aliphatic heterocycles. The SMILES string of the molecule is CC(CN)(c1ccccc1)S(C)(C)C. The predicted octanol–water partition coefficient (Wildman–Crippen LogP) is 2.55. The summed E-state index contributed by atoms with van der Waals surface area (Å²) in [5.74, 6) is 0. The molecule has 0 bridgehead atoms. The Labute approximate surface area is 89.0 Å². The van der Waals surface area contributed by atoms with Crippen molar-refractivity contribution in [2.45, 2.75) is 11.7 Å². The van der Waals surface area contributed by atoms with Gasteiger partial charge in [0.15, 0.2) is 0 Å². The average Bonchev–Trinajstić information content (AvgIpc) is 2.16. The van der Waals surface area contributed by atoms with E-state index in [-0.39, 0.29) is 4.75 Å². The van der Waals surface area contributed by atoms with Crippen molar-refractivity contribution in [3.05, 3.63) is 35.9 Å². The first-order valence-electron chi connectivity index (χ1n) is 4.85. The Kier molecular flexibility index (Phi) is 3.28. The summed E-state index contributed by atoms with van der Waals surface area (Å²) in [6.07, 6.45) is 6.98. The van der Waals surface area contributed by atoms with E-state index in [0.29, 0.717) is 0 Å². The van der Waals surface area contributed by atoms with Crippen LogP contribution in [0.1, 0.15) is 12.5 Å². The highest BCUT2D eigenvalue weighted by atomic mass is 32.3. The topological polar surface area (TPSA) is 26.0 Å². The minimum Gasteiger partial charge on any atom is -0.329 e. The summed E-state index contributed by atoms with van der Waals surface area (Å²) >= 11 is 0. The van der Waals surface area contributed by atoms with E-state index in [1.54, 1.807) is 0 Å². The molecular weight excluding hydrogens is 190 g/mol. The zero-order chi connectivity index (χ0) is 10.8. The Balaban J connectivity index is 3.15. The van der Waals surface area contributed by atoms with Crippen molar-refractivity contribution in [1.82, 2.24) is 0 Å². The molecule has 1 aromatic carbocycles. The minimum absolute atomic E-state index is 0.133. The molecule has 0 fully saturated rings. The van der Waals surface area contributed by atoms with Gasteiger partial charge in [-0.15, -0.1) is 0 Å². The van der Waals surface area contributed by atoms with Gasteiger partial charge in [0.1, 0.15) is 0 Å². The zero-order valence-corrected chi connectivity index (χ0v) is 10.4. The molecule has 1 unspecified atom stereocenters. The van der Waals surface area contributed by atoms with Crippen molar-refractivity contribution in [2.24, 2.45) is 5.73 Å². The van der Waals surface area contributed by atoms with E-state index < -0.39 is 10.0 Å². The maximum absolute atomic E-state index is 5.95. The molecule has 0 amide bonds. The lowest BCUT2D eigenvalue weighted by Gasteiger charge is -2.46. The smallest absolute Gasteiger partial charge is 0.0341 e. The number of nitrogens with two attached hydrogens (primary N) is 1. The van der Waals surface area contributed by atoms with E-state index in [4.69, 9.17) is 5.73 Å². The first kappa shape index (κ1) is 11.6. The Hall–Kier alpha value is -0.470. The highest BCUT2D eigenvalue weighted by Gasteiger charge is 2.33. The molecule has 2 N–H and O–H groups in total. The highest BCUT2D eigenvalue weighted by molar-refractivity contribution is 8.32. The Morgan fingerprint density at radius 2 is 1.64 bits per heavy atom. The van der Waals surface area contributed by atoms with Gasteiger partial charge in [-0.3, -0.25) is 0 Å². The Morgan fingerprint density at radius 3 is 2.00 bits per heavy atom. The minimum atomic E-state index is -0.693. The lowest BCUT2D eigenvalue weighted by molar-refractivity contribution is 0.694. The van der Waals surface area contributed by atoms with Crippen molar-refractivity contribution >= 4 is 10.0 Å². The molecule has 1 aromatic rings. The van der Waals surface area contributed by atoms with Crippen LogP contribution in [0.5, 0.6) is 0 Å². The van der Waals surface area contributed by atoms with Crippen LogP contribution >= 0.6 is 10.0 Å². The van der Waals surface area contributed by atoms with E-state index >= 15 is 0 Å². The molecule has 0 spiro atoms. The second-order valence-electron chi connectivity index (χ2n) is 4.64. The molecule has 0 aliphatic carbocycles. The third-order valence-electron chi connectivity index (χ3n) is 3.13. The first-order chi connectivity index (χ1) is 6.42. The number of hydrogen-bond donors (Lipinski definition) is 1. The monoisotopic (exact) mass is 211 g/mol. The van der Waals surface area contributed by atoms with Gasteiger partial charge in [0.25, 0.3) is 0 Å². The third-order valence-corrected chi connectivity index (χ3v) is 6.23. The molecular formula is C12H21NS. The van der Waals surface area contributed by atoms with Gasteiger partial charge < -0.3 is 5.73 Å². The van der Waals surface area contributed by atoms with Gasteiger partial charge in [-0.1, -0.05) is 30.3 Å². The fraction of sp³-hybridized carbons (Fsp3) is 0.500. The van der Waals surface area contributed by atoms with Crippen LogP contribution in [-0.4, -0.2) is 25.3 Å². The van der Waals surface area contributed by atoms with Crippen molar-refractivity contribution in [1.29, 1.82) is 0 Å². The summed E-state index contributed by atoms with van der Waals surface area (Å²) in [6, 6.07) is 10.6. The standard InChI is InChI=1S/C12H21NS/c1-12(10-13,14(2,3)4)11-8-6-5-7-9-11/h5-9H,10,13H2,1-4H3. The maximum atomic E-state index is 5.95. The quantitative estimate of drug-likeness (QED) is 0.817. The predicted molar refractivity (Wildman–Crippen MR) is 68.2 cm³/mol. The van der Waals surface area contributed by atoms with Gasteiger partial charge in [-0.2, -0.15) is 0 Å². The Bertz CT molecular complexity index is 289. The lowest BCUT2D eigenvalue weighted by atomic mass is 10.0. The molecule has 1 atom stereocenters. The van der Waals surface area contributed by atoms with Crippen molar-refractivity contribution in [3.63, 3.8) is 0 Å². The molecule has 1 nitrogen and oxygen atoms in total. The summed E-state index contributed by atoms with van der Waals surface area (Å²) in [4.78, 5) is 0. The first-order valence-corrected chi connectivity index (χ1v) is 7.71. The van der Waals surface area contributed by atoms with Crippen LogP contribution in [0.25, 0.3) is 0 Å². The van der Waals surface area contributed by atoms with Gasteiger partial charge in [0.2, 0.25) is 0 Å². The van der Waals surface area contributed by atoms with Crippen LogP contribution in [-0.2, 0) is 4.75 Å². The van der Waals surface area contributed by atoms with E-state index in [2.05, 4.69) is 56.0 Å². The zero-order valence-electron chi connectivity index (χ0n) is 9.58. The maximum Gasteiger partial charge on any atom is 0.0341 e. The molecule has 0 aliphatic rings.